The molecule has 0 aliphatic carbocycles. The molecule has 3 nitrogen and oxygen atoms in total. The topological polar surface area (TPSA) is 48.2 Å². The van der Waals surface area contributed by atoms with Crippen LogP contribution in [0.15, 0.2) is 47.6 Å². The average molecular weight is 338 g/mol. The first-order valence-electron chi connectivity index (χ1n) is 6.49. The molecule has 0 aromatic heterocycles. The van der Waals surface area contributed by atoms with Crippen LogP contribution in [0.25, 0.3) is 0 Å². The predicted molar refractivity (Wildman–Crippen MR) is 83.4 cm³/mol. The molecule has 7 heteroatoms. The van der Waals surface area contributed by atoms with Gasteiger partial charge in [0, 0.05) is 0 Å². The molecule has 0 bridgehead atoms. The summed E-state index contributed by atoms with van der Waals surface area (Å²) in [7, 11) is 0. The number of nitrogens with one attached hydrogen (secondary N) is 1. The standard InChI is InChI=1S/C16H11ClF3N3/c1-10(12-4-2-11(9-21)3-5-12)22-23-15-8-13(16(18,19)20)6-7-14(15)17/h2-8,23H,1H3/b22-10-. The zero-order valence-electron chi connectivity index (χ0n) is 11.9. The Balaban J connectivity index is 2.23. The highest BCUT2D eigenvalue weighted by Gasteiger charge is 2.30. The fraction of sp³-hybridized carbons (Fsp3) is 0.125. The van der Waals surface area contributed by atoms with E-state index < -0.39 is 11.7 Å². The Morgan fingerprint density at radius 2 is 1.83 bits per heavy atom. The lowest BCUT2D eigenvalue weighted by molar-refractivity contribution is -0.137. The summed E-state index contributed by atoms with van der Waals surface area (Å²) in [4.78, 5) is 0. The summed E-state index contributed by atoms with van der Waals surface area (Å²) in [6, 6.07) is 11.6. The molecule has 0 radical (unpaired) electrons. The summed E-state index contributed by atoms with van der Waals surface area (Å²) in [6.45, 7) is 1.69. The van der Waals surface area contributed by atoms with Crippen molar-refractivity contribution in [3.8, 4) is 6.07 Å². The number of benzene rings is 2. The van der Waals surface area contributed by atoms with Gasteiger partial charge in [-0.25, -0.2) is 0 Å². The molecular formula is C16H11ClF3N3. The molecule has 23 heavy (non-hydrogen) atoms. The maximum atomic E-state index is 12.7. The van der Waals surface area contributed by atoms with E-state index in [1.165, 1.54) is 6.07 Å². The van der Waals surface area contributed by atoms with Crippen molar-refractivity contribution in [1.82, 2.24) is 0 Å². The lowest BCUT2D eigenvalue weighted by atomic mass is 10.1. The first kappa shape index (κ1) is 16.8. The second-order valence-electron chi connectivity index (χ2n) is 4.69. The molecule has 0 atom stereocenters. The van der Waals surface area contributed by atoms with Crippen LogP contribution in [0, 0.1) is 11.3 Å². The normalized spacial score (nSPS) is 11.9. The van der Waals surface area contributed by atoms with Crippen LogP contribution in [-0.2, 0) is 6.18 Å². The first-order valence-corrected chi connectivity index (χ1v) is 6.86. The van der Waals surface area contributed by atoms with E-state index in [2.05, 4.69) is 10.5 Å². The van der Waals surface area contributed by atoms with Crippen molar-refractivity contribution in [2.75, 3.05) is 5.43 Å². The van der Waals surface area contributed by atoms with Gasteiger partial charge >= 0.3 is 6.18 Å². The summed E-state index contributed by atoms with van der Waals surface area (Å²) >= 11 is 5.88. The third-order valence-electron chi connectivity index (χ3n) is 3.07. The van der Waals surface area contributed by atoms with Crippen LogP contribution in [0.5, 0.6) is 0 Å². The summed E-state index contributed by atoms with van der Waals surface area (Å²) < 4.78 is 38.1. The van der Waals surface area contributed by atoms with Gasteiger partial charge in [0.15, 0.2) is 0 Å². The summed E-state index contributed by atoms with van der Waals surface area (Å²) in [6.07, 6.45) is -4.45. The molecule has 1 N–H and O–H groups in total. The third-order valence-corrected chi connectivity index (χ3v) is 3.40. The zero-order valence-corrected chi connectivity index (χ0v) is 12.7. The number of hydrogen-bond acceptors (Lipinski definition) is 3. The summed E-state index contributed by atoms with van der Waals surface area (Å²) in [5.74, 6) is 0. The first-order chi connectivity index (χ1) is 10.8. The molecule has 2 rings (SSSR count). The molecule has 118 valence electrons. The fourth-order valence-electron chi connectivity index (χ4n) is 1.78. The number of anilines is 1. The lowest BCUT2D eigenvalue weighted by Gasteiger charge is -2.10. The highest BCUT2D eigenvalue weighted by atomic mass is 35.5. The van der Waals surface area contributed by atoms with Crippen LogP contribution in [-0.4, -0.2) is 5.71 Å². The quantitative estimate of drug-likeness (QED) is 0.628. The van der Waals surface area contributed by atoms with Crippen LogP contribution >= 0.6 is 11.6 Å². The third kappa shape index (κ3) is 4.24. The lowest BCUT2D eigenvalue weighted by Crippen LogP contribution is -2.06. The molecular weight excluding hydrogens is 327 g/mol. The van der Waals surface area contributed by atoms with Gasteiger partial charge in [0.1, 0.15) is 0 Å². The van der Waals surface area contributed by atoms with Crippen molar-refractivity contribution in [2.24, 2.45) is 5.10 Å². The van der Waals surface area contributed by atoms with Crippen LogP contribution in [0.3, 0.4) is 0 Å². The van der Waals surface area contributed by atoms with Crippen LogP contribution in [0.2, 0.25) is 5.02 Å². The van der Waals surface area contributed by atoms with E-state index in [1.54, 1.807) is 31.2 Å². The minimum absolute atomic E-state index is 0.0643. The minimum Gasteiger partial charge on any atom is -0.277 e. The number of nitriles is 1. The second-order valence-corrected chi connectivity index (χ2v) is 5.10. The molecule has 2 aromatic carbocycles. The molecule has 0 spiro atoms. The van der Waals surface area contributed by atoms with Crippen molar-refractivity contribution < 1.29 is 13.2 Å². The molecule has 0 heterocycles. The van der Waals surface area contributed by atoms with Crippen molar-refractivity contribution in [2.45, 2.75) is 13.1 Å². The largest absolute Gasteiger partial charge is 0.416 e. The average Bonchev–Trinajstić information content (AvgIpc) is 2.52. The molecule has 2 aromatic rings. The van der Waals surface area contributed by atoms with Gasteiger partial charge in [-0.1, -0.05) is 23.7 Å². The van der Waals surface area contributed by atoms with Gasteiger partial charge in [0.05, 0.1) is 33.6 Å². The molecule has 0 saturated heterocycles. The Morgan fingerprint density at radius 1 is 1.17 bits per heavy atom. The van der Waals surface area contributed by atoms with Crippen LogP contribution in [0.4, 0.5) is 18.9 Å². The number of halogens is 4. The van der Waals surface area contributed by atoms with Gasteiger partial charge in [-0.3, -0.25) is 5.43 Å². The molecule has 0 fully saturated rings. The molecule has 0 aliphatic heterocycles. The van der Waals surface area contributed by atoms with E-state index in [9.17, 15) is 13.2 Å². The van der Waals surface area contributed by atoms with Gasteiger partial charge in [-0.05, 0) is 42.8 Å². The Morgan fingerprint density at radius 3 is 2.39 bits per heavy atom. The zero-order chi connectivity index (χ0) is 17.0. The van der Waals surface area contributed by atoms with Gasteiger partial charge in [0.2, 0.25) is 0 Å². The second kappa shape index (κ2) is 6.71. The number of alkyl halides is 3. The van der Waals surface area contributed by atoms with E-state index in [-0.39, 0.29) is 10.7 Å². The number of rotatable bonds is 3. The monoisotopic (exact) mass is 337 g/mol. The molecule has 0 unspecified atom stereocenters. The van der Waals surface area contributed by atoms with E-state index in [0.717, 1.165) is 17.7 Å². The number of hydrazone groups is 1. The van der Waals surface area contributed by atoms with Crippen molar-refractivity contribution in [3.05, 3.63) is 64.2 Å². The number of nitrogens with zero attached hydrogens (tertiary/aromatic N) is 2. The molecule has 0 amide bonds. The Hall–Kier alpha value is -2.52. The molecule has 0 aliphatic rings. The highest BCUT2D eigenvalue weighted by molar-refractivity contribution is 6.33. The smallest absolute Gasteiger partial charge is 0.277 e. The van der Waals surface area contributed by atoms with E-state index in [4.69, 9.17) is 16.9 Å². The van der Waals surface area contributed by atoms with Gasteiger partial charge in [0.25, 0.3) is 0 Å². The Bertz CT molecular complexity index is 775. The number of hydrogen-bond donors (Lipinski definition) is 1. The van der Waals surface area contributed by atoms with Crippen LogP contribution in [0.1, 0.15) is 23.6 Å². The highest BCUT2D eigenvalue weighted by Crippen LogP contribution is 2.33. The predicted octanol–water partition coefficient (Wildman–Crippen LogP) is 5.07. The van der Waals surface area contributed by atoms with E-state index in [0.29, 0.717) is 11.3 Å². The SMILES string of the molecule is C/C(=N/Nc1cc(C(F)(F)F)ccc1Cl)c1ccc(C#N)cc1. The fourth-order valence-corrected chi connectivity index (χ4v) is 1.94. The Labute approximate surface area is 136 Å². The van der Waals surface area contributed by atoms with E-state index >= 15 is 0 Å². The molecule has 0 saturated carbocycles. The van der Waals surface area contributed by atoms with E-state index in [1.807, 2.05) is 6.07 Å². The van der Waals surface area contributed by atoms with Gasteiger partial charge in [-0.15, -0.1) is 0 Å². The maximum absolute atomic E-state index is 12.7. The Kier molecular flexibility index (Phi) is 4.92. The van der Waals surface area contributed by atoms with Crippen molar-refractivity contribution in [1.29, 1.82) is 5.26 Å². The minimum atomic E-state index is -4.45. The van der Waals surface area contributed by atoms with Crippen LogP contribution < -0.4 is 5.43 Å². The van der Waals surface area contributed by atoms with Gasteiger partial charge in [-0.2, -0.15) is 23.5 Å². The summed E-state index contributed by atoms with van der Waals surface area (Å²) in [5.41, 5.74) is 3.59. The van der Waals surface area contributed by atoms with Crippen molar-refractivity contribution in [3.63, 3.8) is 0 Å². The maximum Gasteiger partial charge on any atom is 0.416 e. The summed E-state index contributed by atoms with van der Waals surface area (Å²) in [5, 5.41) is 12.9. The van der Waals surface area contributed by atoms with Gasteiger partial charge < -0.3 is 0 Å². The van der Waals surface area contributed by atoms with Crippen molar-refractivity contribution >= 4 is 23.0 Å².